The van der Waals surface area contributed by atoms with Gasteiger partial charge in [0.2, 0.25) is 0 Å². The Labute approximate surface area is 115 Å². The second-order valence-electron chi connectivity index (χ2n) is 5.12. The molecule has 2 aromatic carbocycles. The highest BCUT2D eigenvalue weighted by Gasteiger charge is 2.10. The van der Waals surface area contributed by atoms with E-state index in [4.69, 9.17) is 10.5 Å². The summed E-state index contributed by atoms with van der Waals surface area (Å²) in [5.74, 6) is 1.29. The van der Waals surface area contributed by atoms with Crippen molar-refractivity contribution in [2.45, 2.75) is 26.5 Å². The van der Waals surface area contributed by atoms with Crippen LogP contribution in [-0.2, 0) is 6.61 Å². The highest BCUT2D eigenvalue weighted by molar-refractivity contribution is 5.31. The lowest BCUT2D eigenvalue weighted by atomic mass is 9.97. The minimum Gasteiger partial charge on any atom is -0.489 e. The van der Waals surface area contributed by atoms with Crippen LogP contribution in [0, 0.1) is 5.92 Å². The van der Waals surface area contributed by atoms with Crippen molar-refractivity contribution in [3.63, 3.8) is 0 Å². The Bertz CT molecular complexity index is 508. The van der Waals surface area contributed by atoms with Gasteiger partial charge in [-0.3, -0.25) is 0 Å². The second-order valence-corrected chi connectivity index (χ2v) is 5.12. The summed E-state index contributed by atoms with van der Waals surface area (Å²) in [5, 5.41) is 0. The average Bonchev–Trinajstić information content (AvgIpc) is 2.45. The van der Waals surface area contributed by atoms with E-state index in [1.807, 2.05) is 36.4 Å². The molecule has 0 saturated carbocycles. The lowest BCUT2D eigenvalue weighted by Gasteiger charge is -2.17. The fourth-order valence-corrected chi connectivity index (χ4v) is 1.94. The van der Waals surface area contributed by atoms with Gasteiger partial charge in [-0.05, 0) is 29.2 Å². The van der Waals surface area contributed by atoms with Gasteiger partial charge >= 0.3 is 0 Å². The molecule has 1 atom stereocenters. The number of hydrogen-bond donors (Lipinski definition) is 1. The standard InChI is InChI=1S/C17H21NO/c1-13(2)17(18)15-9-6-10-16(11-15)19-12-14-7-4-3-5-8-14/h3-11,13,17H,12,18H2,1-2H3. The predicted molar refractivity (Wildman–Crippen MR) is 79.0 cm³/mol. The van der Waals surface area contributed by atoms with Gasteiger partial charge < -0.3 is 10.5 Å². The van der Waals surface area contributed by atoms with Crippen LogP contribution in [0.4, 0.5) is 0 Å². The van der Waals surface area contributed by atoms with Crippen LogP contribution in [-0.4, -0.2) is 0 Å². The van der Waals surface area contributed by atoms with Crippen LogP contribution >= 0.6 is 0 Å². The maximum absolute atomic E-state index is 6.16. The van der Waals surface area contributed by atoms with E-state index in [9.17, 15) is 0 Å². The molecular formula is C17H21NO. The molecule has 0 heterocycles. The zero-order chi connectivity index (χ0) is 13.7. The highest BCUT2D eigenvalue weighted by atomic mass is 16.5. The van der Waals surface area contributed by atoms with Crippen LogP contribution in [0.3, 0.4) is 0 Å². The molecule has 2 rings (SSSR count). The maximum atomic E-state index is 6.16. The summed E-state index contributed by atoms with van der Waals surface area (Å²) in [6, 6.07) is 18.3. The molecule has 2 aromatic rings. The number of hydrogen-bond acceptors (Lipinski definition) is 2. The third kappa shape index (κ3) is 3.83. The Morgan fingerprint density at radius 1 is 1.00 bits per heavy atom. The molecule has 19 heavy (non-hydrogen) atoms. The Morgan fingerprint density at radius 3 is 2.42 bits per heavy atom. The maximum Gasteiger partial charge on any atom is 0.120 e. The van der Waals surface area contributed by atoms with E-state index in [0.717, 1.165) is 11.3 Å². The Morgan fingerprint density at radius 2 is 1.74 bits per heavy atom. The van der Waals surface area contributed by atoms with E-state index in [0.29, 0.717) is 12.5 Å². The van der Waals surface area contributed by atoms with Crippen molar-refractivity contribution >= 4 is 0 Å². The van der Waals surface area contributed by atoms with Gasteiger partial charge in [0.15, 0.2) is 0 Å². The first-order valence-electron chi connectivity index (χ1n) is 6.69. The summed E-state index contributed by atoms with van der Waals surface area (Å²) in [7, 11) is 0. The molecule has 1 unspecified atom stereocenters. The first-order valence-corrected chi connectivity index (χ1v) is 6.69. The molecule has 0 aromatic heterocycles. The lowest BCUT2D eigenvalue weighted by molar-refractivity contribution is 0.305. The van der Waals surface area contributed by atoms with Crippen LogP contribution in [0.5, 0.6) is 5.75 Å². The summed E-state index contributed by atoms with van der Waals surface area (Å²) in [4.78, 5) is 0. The van der Waals surface area contributed by atoms with E-state index in [-0.39, 0.29) is 6.04 Å². The molecule has 0 aliphatic carbocycles. The third-order valence-electron chi connectivity index (χ3n) is 3.21. The van der Waals surface area contributed by atoms with Crippen molar-refractivity contribution in [1.29, 1.82) is 0 Å². The van der Waals surface area contributed by atoms with Gasteiger partial charge in [0.25, 0.3) is 0 Å². The summed E-state index contributed by atoms with van der Waals surface area (Å²) in [6.45, 7) is 4.84. The van der Waals surface area contributed by atoms with E-state index >= 15 is 0 Å². The molecule has 0 fully saturated rings. The van der Waals surface area contributed by atoms with Gasteiger partial charge in [-0.25, -0.2) is 0 Å². The minimum atomic E-state index is 0.0558. The predicted octanol–water partition coefficient (Wildman–Crippen LogP) is 3.92. The largest absolute Gasteiger partial charge is 0.489 e. The third-order valence-corrected chi connectivity index (χ3v) is 3.21. The van der Waals surface area contributed by atoms with E-state index < -0.39 is 0 Å². The molecule has 0 amide bonds. The number of benzene rings is 2. The van der Waals surface area contributed by atoms with Gasteiger partial charge in [-0.15, -0.1) is 0 Å². The van der Waals surface area contributed by atoms with Gasteiger partial charge in [0, 0.05) is 6.04 Å². The molecule has 0 aliphatic heterocycles. The number of nitrogens with two attached hydrogens (primary N) is 1. The highest BCUT2D eigenvalue weighted by Crippen LogP contribution is 2.23. The van der Waals surface area contributed by atoms with Crippen molar-refractivity contribution in [1.82, 2.24) is 0 Å². The molecule has 0 spiro atoms. The molecule has 2 nitrogen and oxygen atoms in total. The van der Waals surface area contributed by atoms with E-state index in [1.54, 1.807) is 0 Å². The summed E-state index contributed by atoms with van der Waals surface area (Å²) in [6.07, 6.45) is 0. The number of ether oxygens (including phenoxy) is 1. The Balaban J connectivity index is 2.03. The lowest BCUT2D eigenvalue weighted by Crippen LogP contribution is -2.16. The molecule has 2 heteroatoms. The zero-order valence-electron chi connectivity index (χ0n) is 11.5. The smallest absolute Gasteiger partial charge is 0.120 e. The van der Waals surface area contributed by atoms with Crippen LogP contribution in [0.25, 0.3) is 0 Å². The average molecular weight is 255 g/mol. The van der Waals surface area contributed by atoms with Crippen LogP contribution in [0.2, 0.25) is 0 Å². The van der Waals surface area contributed by atoms with Gasteiger partial charge in [0.05, 0.1) is 0 Å². The quantitative estimate of drug-likeness (QED) is 0.878. The number of rotatable bonds is 5. The van der Waals surface area contributed by atoms with E-state index in [1.165, 1.54) is 5.56 Å². The molecule has 0 aliphatic rings. The monoisotopic (exact) mass is 255 g/mol. The summed E-state index contributed by atoms with van der Waals surface area (Å²) < 4.78 is 5.81. The first kappa shape index (κ1) is 13.6. The van der Waals surface area contributed by atoms with Crippen molar-refractivity contribution < 1.29 is 4.74 Å². The second kappa shape index (κ2) is 6.39. The fourth-order valence-electron chi connectivity index (χ4n) is 1.94. The minimum absolute atomic E-state index is 0.0558. The molecule has 0 bridgehead atoms. The van der Waals surface area contributed by atoms with Crippen molar-refractivity contribution in [2.75, 3.05) is 0 Å². The topological polar surface area (TPSA) is 35.2 Å². The molecule has 100 valence electrons. The fraction of sp³-hybridized carbons (Fsp3) is 0.294. The van der Waals surface area contributed by atoms with Gasteiger partial charge in [-0.1, -0.05) is 56.3 Å². The molecular weight excluding hydrogens is 234 g/mol. The molecule has 2 N–H and O–H groups in total. The zero-order valence-corrected chi connectivity index (χ0v) is 11.5. The Hall–Kier alpha value is -1.80. The van der Waals surface area contributed by atoms with Gasteiger partial charge in [0.1, 0.15) is 12.4 Å². The van der Waals surface area contributed by atoms with Crippen LogP contribution in [0.15, 0.2) is 54.6 Å². The van der Waals surface area contributed by atoms with Crippen molar-refractivity contribution in [2.24, 2.45) is 11.7 Å². The van der Waals surface area contributed by atoms with Crippen LogP contribution in [0.1, 0.15) is 31.0 Å². The Kier molecular flexibility index (Phi) is 4.58. The summed E-state index contributed by atoms with van der Waals surface area (Å²) >= 11 is 0. The normalized spacial score (nSPS) is 12.4. The molecule has 0 radical (unpaired) electrons. The summed E-state index contributed by atoms with van der Waals surface area (Å²) in [5.41, 5.74) is 8.45. The van der Waals surface area contributed by atoms with Gasteiger partial charge in [-0.2, -0.15) is 0 Å². The van der Waals surface area contributed by atoms with Crippen molar-refractivity contribution in [3.05, 3.63) is 65.7 Å². The SMILES string of the molecule is CC(C)C(N)c1cccc(OCc2ccccc2)c1. The van der Waals surface area contributed by atoms with Crippen molar-refractivity contribution in [3.8, 4) is 5.75 Å². The van der Waals surface area contributed by atoms with Crippen LogP contribution < -0.4 is 10.5 Å². The molecule has 0 saturated heterocycles. The first-order chi connectivity index (χ1) is 9.16. The van der Waals surface area contributed by atoms with E-state index in [2.05, 4.69) is 32.0 Å².